The van der Waals surface area contributed by atoms with Crippen LogP contribution in [0.4, 0.5) is 4.39 Å². The van der Waals surface area contributed by atoms with Gasteiger partial charge in [-0.15, -0.1) is 0 Å². The van der Waals surface area contributed by atoms with Gasteiger partial charge in [0, 0.05) is 11.0 Å². The predicted octanol–water partition coefficient (Wildman–Crippen LogP) is 2.17. The molecule has 1 aromatic carbocycles. The molecule has 1 aromatic rings. The van der Waals surface area contributed by atoms with Crippen molar-refractivity contribution >= 4 is 21.8 Å². The number of halogens is 2. The molecule has 1 amide bonds. The van der Waals surface area contributed by atoms with Crippen LogP contribution in [0.2, 0.25) is 0 Å². The Morgan fingerprint density at radius 1 is 1.47 bits per heavy atom. The van der Waals surface area contributed by atoms with E-state index in [1.165, 1.54) is 18.2 Å². The molecule has 17 heavy (non-hydrogen) atoms. The highest BCUT2D eigenvalue weighted by atomic mass is 79.9. The monoisotopic (exact) mass is 302 g/mol. The van der Waals surface area contributed by atoms with Crippen LogP contribution >= 0.6 is 15.9 Å². The molecule has 0 saturated heterocycles. The quantitative estimate of drug-likeness (QED) is 0.875. The average molecular weight is 303 g/mol. The molecule has 0 saturated carbocycles. The number of benzene rings is 1. The first kappa shape index (κ1) is 14.1. The maximum absolute atomic E-state index is 13.0. The summed E-state index contributed by atoms with van der Waals surface area (Å²) in [5, 5.41) is 5.81. The van der Waals surface area contributed by atoms with Gasteiger partial charge in [0.25, 0.3) is 5.91 Å². The van der Waals surface area contributed by atoms with Crippen molar-refractivity contribution in [3.8, 4) is 0 Å². The first-order valence-corrected chi connectivity index (χ1v) is 6.21. The van der Waals surface area contributed by atoms with Crippen molar-refractivity contribution in [1.29, 1.82) is 0 Å². The normalized spacial score (nSPS) is 12.2. The van der Waals surface area contributed by atoms with Crippen molar-refractivity contribution in [3.63, 3.8) is 0 Å². The van der Waals surface area contributed by atoms with Crippen LogP contribution in [0.25, 0.3) is 0 Å². The third-order valence-corrected chi connectivity index (χ3v) is 3.03. The Morgan fingerprint density at radius 3 is 2.82 bits per heavy atom. The minimum absolute atomic E-state index is 0.265. The van der Waals surface area contributed by atoms with E-state index in [4.69, 9.17) is 0 Å². The number of carbonyl (C=O) groups is 1. The van der Waals surface area contributed by atoms with Gasteiger partial charge in [0.15, 0.2) is 0 Å². The summed E-state index contributed by atoms with van der Waals surface area (Å²) in [5.41, 5.74) is 0.321. The molecule has 2 N–H and O–H groups in total. The number of nitrogens with one attached hydrogen (secondary N) is 2. The maximum Gasteiger partial charge on any atom is 0.252 e. The number of carbonyl (C=O) groups excluding carboxylic acids is 1. The van der Waals surface area contributed by atoms with Crippen LogP contribution < -0.4 is 10.6 Å². The molecule has 0 aliphatic carbocycles. The topological polar surface area (TPSA) is 41.1 Å². The summed E-state index contributed by atoms with van der Waals surface area (Å²) in [5.74, 6) is -0.350. The third-order valence-electron chi connectivity index (χ3n) is 2.34. The molecule has 94 valence electrons. The Labute approximate surface area is 109 Å². The van der Waals surface area contributed by atoms with Gasteiger partial charge in [0.1, 0.15) is 5.82 Å². The Hall–Kier alpha value is -0.940. The van der Waals surface area contributed by atoms with E-state index >= 15 is 0 Å². The molecular formula is C12H16BrFN2O. The van der Waals surface area contributed by atoms with E-state index in [1.54, 1.807) is 0 Å². The van der Waals surface area contributed by atoms with Gasteiger partial charge >= 0.3 is 0 Å². The van der Waals surface area contributed by atoms with Crippen LogP contribution in [0.5, 0.6) is 0 Å². The fraction of sp³-hybridized carbons (Fsp3) is 0.417. The zero-order valence-electron chi connectivity index (χ0n) is 9.89. The molecular weight excluding hydrogens is 287 g/mol. The number of amides is 1. The van der Waals surface area contributed by atoms with Crippen molar-refractivity contribution in [2.45, 2.75) is 6.92 Å². The van der Waals surface area contributed by atoms with E-state index in [0.29, 0.717) is 22.5 Å². The van der Waals surface area contributed by atoms with Crippen molar-refractivity contribution in [3.05, 3.63) is 34.1 Å². The summed E-state index contributed by atoms with van der Waals surface area (Å²) in [6, 6.07) is 4.06. The second-order valence-corrected chi connectivity index (χ2v) is 4.85. The molecule has 0 bridgehead atoms. The lowest BCUT2D eigenvalue weighted by atomic mass is 10.1. The Kier molecular flexibility index (Phi) is 5.58. The molecule has 0 heterocycles. The highest BCUT2D eigenvalue weighted by Gasteiger charge is 2.11. The van der Waals surface area contributed by atoms with E-state index in [2.05, 4.69) is 26.6 Å². The molecule has 3 nitrogen and oxygen atoms in total. The van der Waals surface area contributed by atoms with E-state index in [9.17, 15) is 9.18 Å². The van der Waals surface area contributed by atoms with E-state index in [0.717, 1.165) is 6.54 Å². The number of hydrogen-bond acceptors (Lipinski definition) is 2. The Balaban J connectivity index is 2.61. The van der Waals surface area contributed by atoms with Gasteiger partial charge in [-0.05, 0) is 53.6 Å². The van der Waals surface area contributed by atoms with Crippen LogP contribution in [0.1, 0.15) is 17.3 Å². The number of rotatable bonds is 5. The fourth-order valence-corrected chi connectivity index (χ4v) is 1.88. The third kappa shape index (κ3) is 4.44. The number of hydrogen-bond donors (Lipinski definition) is 2. The summed E-state index contributed by atoms with van der Waals surface area (Å²) in [4.78, 5) is 11.8. The zero-order valence-corrected chi connectivity index (χ0v) is 11.5. The second-order valence-electron chi connectivity index (χ2n) is 4.00. The molecule has 5 heteroatoms. The minimum Gasteiger partial charge on any atom is -0.352 e. The molecule has 1 unspecified atom stereocenters. The van der Waals surface area contributed by atoms with Crippen LogP contribution in [0.15, 0.2) is 22.7 Å². The van der Waals surface area contributed by atoms with E-state index in [-0.39, 0.29) is 5.91 Å². The van der Waals surface area contributed by atoms with E-state index in [1.807, 2.05) is 14.0 Å². The predicted molar refractivity (Wildman–Crippen MR) is 69.5 cm³/mol. The van der Waals surface area contributed by atoms with Gasteiger partial charge in [-0.2, -0.15) is 0 Å². The molecule has 0 aliphatic rings. The van der Waals surface area contributed by atoms with Gasteiger partial charge in [-0.3, -0.25) is 4.79 Å². The SMILES string of the molecule is CNCC(C)CNC(=O)c1cc(F)ccc1Br. The summed E-state index contributed by atoms with van der Waals surface area (Å²) < 4.78 is 13.6. The summed E-state index contributed by atoms with van der Waals surface area (Å²) >= 11 is 3.23. The largest absolute Gasteiger partial charge is 0.352 e. The van der Waals surface area contributed by atoms with E-state index < -0.39 is 5.82 Å². The molecule has 1 rings (SSSR count). The Bertz CT molecular complexity index is 398. The van der Waals surface area contributed by atoms with Crippen molar-refractivity contribution in [2.75, 3.05) is 20.1 Å². The van der Waals surface area contributed by atoms with Crippen molar-refractivity contribution in [2.24, 2.45) is 5.92 Å². The lowest BCUT2D eigenvalue weighted by Gasteiger charge is -2.12. The average Bonchev–Trinajstić information content (AvgIpc) is 2.29. The standard InChI is InChI=1S/C12H16BrFN2O/c1-8(6-15-2)7-16-12(17)10-5-9(14)3-4-11(10)13/h3-5,8,15H,6-7H2,1-2H3,(H,16,17). The van der Waals surface area contributed by atoms with Gasteiger partial charge in [0.05, 0.1) is 5.56 Å². The first-order chi connectivity index (χ1) is 8.04. The second kappa shape index (κ2) is 6.71. The minimum atomic E-state index is -0.415. The van der Waals surface area contributed by atoms with Crippen LogP contribution in [0, 0.1) is 11.7 Å². The highest BCUT2D eigenvalue weighted by molar-refractivity contribution is 9.10. The molecule has 0 aromatic heterocycles. The zero-order chi connectivity index (χ0) is 12.8. The van der Waals surface area contributed by atoms with Crippen LogP contribution in [-0.4, -0.2) is 26.0 Å². The molecule has 0 radical (unpaired) electrons. The lowest BCUT2D eigenvalue weighted by molar-refractivity contribution is 0.0947. The lowest BCUT2D eigenvalue weighted by Crippen LogP contribution is -2.32. The van der Waals surface area contributed by atoms with Gasteiger partial charge < -0.3 is 10.6 Å². The smallest absolute Gasteiger partial charge is 0.252 e. The molecule has 0 aliphatic heterocycles. The summed E-state index contributed by atoms with van der Waals surface area (Å²) in [6.07, 6.45) is 0. The van der Waals surface area contributed by atoms with Crippen molar-refractivity contribution < 1.29 is 9.18 Å². The Morgan fingerprint density at radius 2 is 2.18 bits per heavy atom. The fourth-order valence-electron chi connectivity index (χ4n) is 1.45. The van der Waals surface area contributed by atoms with Crippen LogP contribution in [-0.2, 0) is 0 Å². The van der Waals surface area contributed by atoms with Crippen LogP contribution in [0.3, 0.4) is 0 Å². The van der Waals surface area contributed by atoms with Gasteiger partial charge in [0.2, 0.25) is 0 Å². The van der Waals surface area contributed by atoms with Gasteiger partial charge in [-0.25, -0.2) is 4.39 Å². The molecule has 0 spiro atoms. The summed E-state index contributed by atoms with van der Waals surface area (Å²) in [6.45, 7) is 3.41. The molecule has 0 fully saturated rings. The highest BCUT2D eigenvalue weighted by Crippen LogP contribution is 2.17. The molecule has 1 atom stereocenters. The van der Waals surface area contributed by atoms with Crippen molar-refractivity contribution in [1.82, 2.24) is 10.6 Å². The maximum atomic E-state index is 13.0. The first-order valence-electron chi connectivity index (χ1n) is 5.42. The summed E-state index contributed by atoms with van der Waals surface area (Å²) in [7, 11) is 1.86. The van der Waals surface area contributed by atoms with Gasteiger partial charge in [-0.1, -0.05) is 6.92 Å².